The van der Waals surface area contributed by atoms with E-state index in [2.05, 4.69) is 5.32 Å². The molecule has 15 heteroatoms. The Balaban J connectivity index is 1.29. The zero-order valence-corrected chi connectivity index (χ0v) is 26.9. The van der Waals surface area contributed by atoms with E-state index in [1.807, 2.05) is 12.1 Å². The average Bonchev–Trinajstić information content (AvgIpc) is 3.60. The van der Waals surface area contributed by atoms with Crippen LogP contribution in [0.1, 0.15) is 48.0 Å². The Labute approximate surface area is 277 Å². The molecule has 1 aliphatic heterocycles. The van der Waals surface area contributed by atoms with Gasteiger partial charge >= 0.3 is 18.1 Å². The summed E-state index contributed by atoms with van der Waals surface area (Å²) < 4.78 is 77.5. The fraction of sp³-hybridized carbons (Fsp3) is 0.455. The first-order valence-electron chi connectivity index (χ1n) is 15.4. The monoisotopic (exact) mass is 696 g/mol. The van der Waals surface area contributed by atoms with Crippen LogP contribution in [0.2, 0.25) is 5.02 Å². The molecular formula is C33H34ClF5N4O5. The Bertz CT molecular complexity index is 1720. The third kappa shape index (κ3) is 7.43. The van der Waals surface area contributed by atoms with E-state index in [0.29, 0.717) is 15.8 Å². The number of amides is 3. The van der Waals surface area contributed by atoms with Gasteiger partial charge in [-0.15, -0.1) is 0 Å². The lowest BCUT2D eigenvalue weighted by Crippen LogP contribution is -2.54. The third-order valence-corrected chi connectivity index (χ3v) is 9.45. The van der Waals surface area contributed by atoms with Crippen molar-refractivity contribution in [2.24, 2.45) is 13.0 Å². The number of hydrogen-bond donors (Lipinski definition) is 1. The number of nitrogens with one attached hydrogen (secondary N) is 1. The number of nitrogens with zero attached hydrogens (tertiary/aromatic N) is 3. The van der Waals surface area contributed by atoms with Crippen LogP contribution < -0.4 is 5.32 Å². The van der Waals surface area contributed by atoms with Gasteiger partial charge in [-0.2, -0.15) is 13.2 Å². The van der Waals surface area contributed by atoms with Gasteiger partial charge in [0, 0.05) is 43.2 Å². The molecule has 1 saturated carbocycles. The molecule has 0 bridgehead atoms. The molecule has 3 amide bonds. The van der Waals surface area contributed by atoms with Crippen molar-refractivity contribution in [3.8, 4) is 0 Å². The molecular weight excluding hydrogens is 663 g/mol. The Morgan fingerprint density at radius 1 is 1.08 bits per heavy atom. The first kappa shape index (κ1) is 35.1. The number of likely N-dealkylation sites (tertiary alicyclic amines) is 1. The number of para-hydroxylation sites is 1. The Morgan fingerprint density at radius 3 is 2.44 bits per heavy atom. The second kappa shape index (κ2) is 14.1. The normalized spacial score (nSPS) is 21.3. The second-order valence-electron chi connectivity index (χ2n) is 12.2. The van der Waals surface area contributed by atoms with Crippen molar-refractivity contribution in [3.05, 3.63) is 64.6 Å². The number of alkyl halides is 4. The minimum Gasteiger partial charge on any atom is -0.469 e. The molecule has 2 aliphatic rings. The number of aryl methyl sites for hydroxylation is 1. The number of halogens is 6. The number of carbonyl (C=O) groups is 4. The van der Waals surface area contributed by atoms with E-state index >= 15 is 4.39 Å². The zero-order valence-electron chi connectivity index (χ0n) is 26.2. The summed E-state index contributed by atoms with van der Waals surface area (Å²) in [7, 11) is 2.99. The van der Waals surface area contributed by atoms with Crippen molar-refractivity contribution in [1.82, 2.24) is 14.4 Å². The molecule has 0 unspecified atom stereocenters. The van der Waals surface area contributed by atoms with Crippen LogP contribution in [-0.4, -0.2) is 82.7 Å². The van der Waals surface area contributed by atoms with Crippen LogP contribution in [0, 0.1) is 11.7 Å². The van der Waals surface area contributed by atoms with Crippen LogP contribution in [0.4, 0.5) is 27.6 Å². The highest BCUT2D eigenvalue weighted by Crippen LogP contribution is 2.34. The predicted molar refractivity (Wildman–Crippen MR) is 167 cm³/mol. The van der Waals surface area contributed by atoms with Crippen molar-refractivity contribution < 1.29 is 45.9 Å². The van der Waals surface area contributed by atoms with E-state index in [9.17, 15) is 36.7 Å². The van der Waals surface area contributed by atoms with Crippen molar-refractivity contribution in [2.75, 3.05) is 25.5 Å². The van der Waals surface area contributed by atoms with Gasteiger partial charge in [-0.05, 0) is 49.4 Å². The van der Waals surface area contributed by atoms with Gasteiger partial charge in [0.15, 0.2) is 0 Å². The van der Waals surface area contributed by atoms with E-state index in [1.54, 1.807) is 29.9 Å². The number of rotatable bonds is 8. The summed E-state index contributed by atoms with van der Waals surface area (Å²) in [6.45, 7) is -1.03. The number of anilines is 1. The molecule has 0 spiro atoms. The van der Waals surface area contributed by atoms with Crippen LogP contribution in [-0.2, 0) is 32.6 Å². The lowest BCUT2D eigenvalue weighted by molar-refractivity contribution is -0.189. The Morgan fingerprint density at radius 2 is 1.77 bits per heavy atom. The number of ether oxygens (including phenoxy) is 1. The summed E-state index contributed by atoms with van der Waals surface area (Å²) in [6.07, 6.45) is -5.48. The fourth-order valence-electron chi connectivity index (χ4n) is 6.71. The lowest BCUT2D eigenvalue weighted by atomic mass is 9.85. The highest BCUT2D eigenvalue weighted by molar-refractivity contribution is 6.34. The van der Waals surface area contributed by atoms with E-state index in [1.165, 1.54) is 7.11 Å². The number of fused-ring (bicyclic) bond motifs is 1. The minimum atomic E-state index is -5.22. The molecule has 48 heavy (non-hydrogen) atoms. The number of carbonyl (C=O) groups excluding carboxylic acids is 4. The van der Waals surface area contributed by atoms with Gasteiger partial charge in [0.25, 0.3) is 5.91 Å². The molecule has 0 radical (unpaired) electrons. The molecule has 2 fully saturated rings. The highest BCUT2D eigenvalue weighted by atomic mass is 35.5. The molecule has 1 aliphatic carbocycles. The average molecular weight is 697 g/mol. The lowest BCUT2D eigenvalue weighted by Gasteiger charge is -2.39. The summed E-state index contributed by atoms with van der Waals surface area (Å²) in [6, 6.07) is 7.33. The number of aromatic nitrogens is 1. The van der Waals surface area contributed by atoms with Crippen LogP contribution in [0.15, 0.2) is 42.6 Å². The third-order valence-electron chi connectivity index (χ3n) is 9.13. The molecule has 3 aromatic rings. The number of hydrogen-bond acceptors (Lipinski definition) is 5. The molecule has 5 rings (SSSR count). The topological polar surface area (TPSA) is 101 Å². The van der Waals surface area contributed by atoms with Gasteiger partial charge in [0.05, 0.1) is 48.3 Å². The van der Waals surface area contributed by atoms with Gasteiger partial charge in [0.1, 0.15) is 12.0 Å². The van der Waals surface area contributed by atoms with Crippen LogP contribution in [0.25, 0.3) is 10.9 Å². The van der Waals surface area contributed by atoms with Gasteiger partial charge in [-0.3, -0.25) is 19.2 Å². The van der Waals surface area contributed by atoms with Crippen molar-refractivity contribution >= 4 is 51.9 Å². The van der Waals surface area contributed by atoms with E-state index < -0.39 is 79.4 Å². The number of methoxy groups -OCH3 is 1. The van der Waals surface area contributed by atoms with Gasteiger partial charge in [0.2, 0.25) is 5.91 Å². The zero-order chi connectivity index (χ0) is 34.9. The van der Waals surface area contributed by atoms with Crippen LogP contribution >= 0.6 is 11.6 Å². The number of esters is 1. The summed E-state index contributed by atoms with van der Waals surface area (Å²) in [5, 5.41) is 3.19. The molecule has 1 aromatic heterocycles. The van der Waals surface area contributed by atoms with Gasteiger partial charge < -0.3 is 24.4 Å². The summed E-state index contributed by atoms with van der Waals surface area (Å²) in [5.41, 5.74) is 0.925. The first-order chi connectivity index (χ1) is 22.7. The molecule has 258 valence electrons. The SMILES string of the molecule is COC(=O)[C@H]1CC[C@H](N(C[C@@H]2C[C@H](F)CN2C(=O)Cc2cc(Cl)c(NC(=O)c3cn(C)c4ccccc34)cc2F)C(=O)C(F)(F)F)CC1. The van der Waals surface area contributed by atoms with Crippen molar-refractivity contribution in [3.63, 3.8) is 0 Å². The molecule has 9 nitrogen and oxygen atoms in total. The minimum absolute atomic E-state index is 0.0469. The smallest absolute Gasteiger partial charge is 0.469 e. The predicted octanol–water partition coefficient (Wildman–Crippen LogP) is 5.83. The maximum Gasteiger partial charge on any atom is 0.471 e. The van der Waals surface area contributed by atoms with E-state index in [-0.39, 0.29) is 48.4 Å². The van der Waals surface area contributed by atoms with Gasteiger partial charge in [-0.1, -0.05) is 29.8 Å². The number of benzene rings is 2. The van der Waals surface area contributed by atoms with Crippen LogP contribution in [0.5, 0.6) is 0 Å². The standard InChI is InChI=1S/C33H34ClF5N4O5/c1-41-17-24(23-5-3-4-6-28(23)41)30(45)40-27-14-26(36)19(11-25(27)34)12-29(44)42-15-20(35)13-22(42)16-43(32(47)33(37,38)39)21-9-7-18(8-10-21)31(46)48-2/h3-6,11,14,17-18,20-22H,7-10,12-13,15-16H2,1-2H3,(H,40,45)/t18-,20-,21-,22-/m0/s1. The van der Waals surface area contributed by atoms with Gasteiger partial charge in [-0.25, -0.2) is 8.78 Å². The first-order valence-corrected chi connectivity index (χ1v) is 15.8. The highest BCUT2D eigenvalue weighted by Gasteiger charge is 2.48. The molecule has 2 aromatic carbocycles. The van der Waals surface area contributed by atoms with Crippen LogP contribution in [0.3, 0.4) is 0 Å². The van der Waals surface area contributed by atoms with Crippen molar-refractivity contribution in [1.29, 1.82) is 0 Å². The maximum atomic E-state index is 15.3. The summed E-state index contributed by atoms with van der Waals surface area (Å²) in [5.74, 6) is -5.29. The molecule has 2 atom stereocenters. The largest absolute Gasteiger partial charge is 0.471 e. The quantitative estimate of drug-likeness (QED) is 0.236. The summed E-state index contributed by atoms with van der Waals surface area (Å²) >= 11 is 6.37. The van der Waals surface area contributed by atoms with Crippen molar-refractivity contribution in [2.45, 2.75) is 63.0 Å². The Hall–Kier alpha value is -4.20. The molecule has 1 saturated heterocycles. The molecule has 1 N–H and O–H groups in total. The Kier molecular flexibility index (Phi) is 10.3. The maximum absolute atomic E-state index is 15.3. The second-order valence-corrected chi connectivity index (χ2v) is 12.6. The summed E-state index contributed by atoms with van der Waals surface area (Å²) in [4.78, 5) is 52.5. The van der Waals surface area contributed by atoms with E-state index in [0.717, 1.165) is 22.5 Å². The fourth-order valence-corrected chi connectivity index (χ4v) is 6.95. The molecule has 2 heterocycles. The van der Waals surface area contributed by atoms with E-state index in [4.69, 9.17) is 16.3 Å².